The van der Waals surface area contributed by atoms with Crippen LogP contribution in [0.4, 0.5) is 0 Å². The summed E-state index contributed by atoms with van der Waals surface area (Å²) in [5, 5.41) is -0.688. The molecule has 0 spiro atoms. The van der Waals surface area contributed by atoms with E-state index in [9.17, 15) is 16.8 Å². The van der Waals surface area contributed by atoms with E-state index >= 15 is 0 Å². The van der Waals surface area contributed by atoms with Gasteiger partial charge in [0.2, 0.25) is 10.0 Å². The molecule has 1 heterocycles. The van der Waals surface area contributed by atoms with Gasteiger partial charge in [0, 0.05) is 11.8 Å². The summed E-state index contributed by atoms with van der Waals surface area (Å²) >= 11 is 11.4. The highest BCUT2D eigenvalue weighted by molar-refractivity contribution is 7.92. The second-order valence-electron chi connectivity index (χ2n) is 4.83. The predicted molar refractivity (Wildman–Crippen MR) is 73.6 cm³/mol. The molecule has 108 valence electrons. The van der Waals surface area contributed by atoms with Crippen LogP contribution in [-0.4, -0.2) is 50.9 Å². The molecule has 0 aromatic carbocycles. The van der Waals surface area contributed by atoms with Gasteiger partial charge in [0.25, 0.3) is 0 Å². The Bertz CT molecular complexity index is 471. The van der Waals surface area contributed by atoms with Crippen molar-refractivity contribution in [3.8, 4) is 0 Å². The second kappa shape index (κ2) is 5.83. The maximum Gasteiger partial charge on any atom is 0.215 e. The maximum absolute atomic E-state index is 12.1. The van der Waals surface area contributed by atoms with Gasteiger partial charge in [-0.15, -0.1) is 23.2 Å². The molecular formula is C9H17Cl2NO4S2. The van der Waals surface area contributed by atoms with Crippen LogP contribution in [0.3, 0.4) is 0 Å². The first-order chi connectivity index (χ1) is 8.14. The van der Waals surface area contributed by atoms with Crippen molar-refractivity contribution in [2.75, 3.05) is 23.3 Å². The predicted octanol–water partition coefficient (Wildman–Crippen LogP) is 0.719. The third-order valence-electron chi connectivity index (χ3n) is 2.92. The highest BCUT2D eigenvalue weighted by Gasteiger charge is 2.37. The van der Waals surface area contributed by atoms with Gasteiger partial charge in [-0.3, -0.25) is 0 Å². The van der Waals surface area contributed by atoms with E-state index in [1.54, 1.807) is 6.92 Å². The van der Waals surface area contributed by atoms with E-state index in [0.717, 1.165) is 0 Å². The number of rotatable bonds is 5. The van der Waals surface area contributed by atoms with Gasteiger partial charge in [-0.05, 0) is 19.8 Å². The van der Waals surface area contributed by atoms with E-state index in [4.69, 9.17) is 23.2 Å². The molecule has 1 aliphatic rings. The van der Waals surface area contributed by atoms with E-state index < -0.39 is 30.6 Å². The van der Waals surface area contributed by atoms with E-state index in [0.29, 0.717) is 0 Å². The smallest absolute Gasteiger partial charge is 0.215 e. The van der Waals surface area contributed by atoms with Crippen LogP contribution in [0.25, 0.3) is 0 Å². The molecule has 0 aromatic heterocycles. The Morgan fingerprint density at radius 1 is 1.22 bits per heavy atom. The minimum absolute atomic E-state index is 0.0563. The molecule has 1 saturated heterocycles. The normalized spacial score (nSPS) is 21.9. The van der Waals surface area contributed by atoms with Crippen LogP contribution in [-0.2, 0) is 19.9 Å². The molecule has 1 fully saturated rings. The molecule has 0 amide bonds. The highest BCUT2D eigenvalue weighted by atomic mass is 35.5. The zero-order valence-electron chi connectivity index (χ0n) is 10.0. The van der Waals surface area contributed by atoms with E-state index in [1.165, 1.54) is 0 Å². The van der Waals surface area contributed by atoms with E-state index in [-0.39, 0.29) is 36.1 Å². The molecule has 0 bridgehead atoms. The Labute approximate surface area is 118 Å². The molecule has 0 aromatic rings. The first-order valence-electron chi connectivity index (χ1n) is 5.49. The first kappa shape index (κ1) is 16.5. The first-order valence-corrected chi connectivity index (χ1v) is 9.93. The van der Waals surface area contributed by atoms with Crippen LogP contribution in [0.5, 0.6) is 0 Å². The molecule has 1 aliphatic heterocycles. The number of hydrogen-bond acceptors (Lipinski definition) is 4. The number of alkyl halides is 2. The fourth-order valence-electron chi connectivity index (χ4n) is 1.70. The number of sulfone groups is 1. The van der Waals surface area contributed by atoms with Crippen molar-refractivity contribution in [2.45, 2.75) is 30.6 Å². The average Bonchev–Trinajstić information content (AvgIpc) is 2.27. The molecule has 0 aliphatic carbocycles. The third kappa shape index (κ3) is 4.23. The number of sulfonamides is 1. The molecule has 0 saturated carbocycles. The van der Waals surface area contributed by atoms with Crippen molar-refractivity contribution in [1.29, 1.82) is 0 Å². The topological polar surface area (TPSA) is 80.3 Å². The Morgan fingerprint density at radius 2 is 1.67 bits per heavy atom. The summed E-state index contributed by atoms with van der Waals surface area (Å²) in [5.41, 5.74) is -0.904. The maximum atomic E-state index is 12.1. The quantitative estimate of drug-likeness (QED) is 0.749. The standard InChI is InChI=1S/C9H17Cl2NO4S2/c1-9(6-10,7-11)12-18(15,16)8-2-4-17(13,14)5-3-8/h8,12H,2-7H2,1H3. The summed E-state index contributed by atoms with van der Waals surface area (Å²) in [6.07, 6.45) is 0.247. The summed E-state index contributed by atoms with van der Waals surface area (Å²) in [6, 6.07) is 0. The van der Waals surface area contributed by atoms with Gasteiger partial charge in [0.05, 0.1) is 22.3 Å². The molecule has 0 unspecified atom stereocenters. The van der Waals surface area contributed by atoms with Crippen molar-refractivity contribution in [1.82, 2.24) is 4.72 Å². The molecule has 1 N–H and O–H groups in total. The Balaban J connectivity index is 2.77. The molecule has 1 rings (SSSR count). The van der Waals surface area contributed by atoms with Crippen LogP contribution in [0.2, 0.25) is 0 Å². The highest BCUT2D eigenvalue weighted by Crippen LogP contribution is 2.21. The van der Waals surface area contributed by atoms with Gasteiger partial charge in [-0.1, -0.05) is 0 Å². The van der Waals surface area contributed by atoms with Crippen molar-refractivity contribution in [3.63, 3.8) is 0 Å². The Hall–Kier alpha value is 0.440. The monoisotopic (exact) mass is 337 g/mol. The fourth-order valence-corrected chi connectivity index (χ4v) is 5.92. The summed E-state index contributed by atoms with van der Waals surface area (Å²) < 4.78 is 49.2. The zero-order valence-corrected chi connectivity index (χ0v) is 13.2. The van der Waals surface area contributed by atoms with Crippen LogP contribution in [0, 0.1) is 0 Å². The van der Waals surface area contributed by atoms with Crippen molar-refractivity contribution < 1.29 is 16.8 Å². The zero-order chi connectivity index (χ0) is 14.0. The molecule has 5 nitrogen and oxygen atoms in total. The Morgan fingerprint density at radius 3 is 2.06 bits per heavy atom. The van der Waals surface area contributed by atoms with Crippen LogP contribution in [0.1, 0.15) is 19.8 Å². The van der Waals surface area contributed by atoms with Crippen molar-refractivity contribution in [3.05, 3.63) is 0 Å². The van der Waals surface area contributed by atoms with Gasteiger partial charge in [-0.25, -0.2) is 21.6 Å². The lowest BCUT2D eigenvalue weighted by molar-refractivity contribution is 0.485. The van der Waals surface area contributed by atoms with Crippen molar-refractivity contribution >= 4 is 43.1 Å². The largest absolute Gasteiger partial charge is 0.229 e. The van der Waals surface area contributed by atoms with Gasteiger partial charge < -0.3 is 0 Å². The summed E-state index contributed by atoms with van der Waals surface area (Å²) in [4.78, 5) is 0. The number of hydrogen-bond donors (Lipinski definition) is 1. The molecule has 0 radical (unpaired) electrons. The molecule has 0 atom stereocenters. The van der Waals surface area contributed by atoms with Crippen LogP contribution >= 0.6 is 23.2 Å². The van der Waals surface area contributed by atoms with E-state index in [1.807, 2.05) is 0 Å². The number of halogens is 2. The molecule has 9 heteroatoms. The van der Waals surface area contributed by atoms with Crippen LogP contribution < -0.4 is 4.72 Å². The number of nitrogens with one attached hydrogen (secondary N) is 1. The van der Waals surface area contributed by atoms with Crippen molar-refractivity contribution in [2.24, 2.45) is 0 Å². The van der Waals surface area contributed by atoms with Gasteiger partial charge >= 0.3 is 0 Å². The minimum Gasteiger partial charge on any atom is -0.229 e. The van der Waals surface area contributed by atoms with Crippen LogP contribution in [0.15, 0.2) is 0 Å². The lowest BCUT2D eigenvalue weighted by Crippen LogP contribution is -2.53. The second-order valence-corrected chi connectivity index (χ2v) is 9.63. The van der Waals surface area contributed by atoms with Gasteiger partial charge in [0.15, 0.2) is 0 Å². The summed E-state index contributed by atoms with van der Waals surface area (Å²) in [5.74, 6) is -0.0599. The lowest BCUT2D eigenvalue weighted by Gasteiger charge is -2.30. The fraction of sp³-hybridized carbons (Fsp3) is 1.00. The van der Waals surface area contributed by atoms with Gasteiger partial charge in [-0.2, -0.15) is 0 Å². The summed E-state index contributed by atoms with van der Waals surface area (Å²) in [6.45, 7) is 1.62. The minimum atomic E-state index is -3.60. The van der Waals surface area contributed by atoms with E-state index in [2.05, 4.69) is 4.72 Å². The lowest BCUT2D eigenvalue weighted by atomic mass is 10.1. The third-order valence-corrected chi connectivity index (χ3v) is 7.94. The Kier molecular flexibility index (Phi) is 5.34. The van der Waals surface area contributed by atoms with Gasteiger partial charge in [0.1, 0.15) is 9.84 Å². The average molecular weight is 338 g/mol. The molecule has 18 heavy (non-hydrogen) atoms. The summed E-state index contributed by atoms with van der Waals surface area (Å²) in [7, 11) is -6.67. The molecular weight excluding hydrogens is 321 g/mol. The SMILES string of the molecule is CC(CCl)(CCl)NS(=O)(=O)C1CCS(=O)(=O)CC1.